The van der Waals surface area contributed by atoms with Crippen LogP contribution in [0.1, 0.15) is 5.69 Å². The fourth-order valence-corrected chi connectivity index (χ4v) is 2.73. The van der Waals surface area contributed by atoms with Crippen LogP contribution in [0.5, 0.6) is 0 Å². The van der Waals surface area contributed by atoms with Gasteiger partial charge in [-0.05, 0) is 25.1 Å². The molecule has 0 aliphatic carbocycles. The van der Waals surface area contributed by atoms with Crippen LogP contribution in [0.25, 0.3) is 27.1 Å². The van der Waals surface area contributed by atoms with Gasteiger partial charge in [0.15, 0.2) is 10.8 Å². The summed E-state index contributed by atoms with van der Waals surface area (Å²) in [5.41, 5.74) is 2.75. The van der Waals surface area contributed by atoms with E-state index in [9.17, 15) is 0 Å². The van der Waals surface area contributed by atoms with Crippen molar-refractivity contribution in [3.63, 3.8) is 0 Å². The number of H-pyrrole nitrogens is 1. The molecule has 0 fully saturated rings. The summed E-state index contributed by atoms with van der Waals surface area (Å²) in [7, 11) is 0. The van der Waals surface area contributed by atoms with E-state index in [0.29, 0.717) is 5.82 Å². The SMILES string of the molecule is Cc1cc(-c2nn3c(-c4ccncc4)nnc3s2)n[nH]1. The highest BCUT2D eigenvalue weighted by Crippen LogP contribution is 2.26. The molecule has 4 rings (SSSR count). The van der Waals surface area contributed by atoms with E-state index >= 15 is 0 Å². The standard InChI is InChI=1S/C12H9N7S/c1-7-6-9(15-14-7)11-18-19-10(16-17-12(19)20-11)8-2-4-13-5-3-8/h2-6H,1H3,(H,14,15). The molecule has 8 heteroatoms. The van der Waals surface area contributed by atoms with Crippen LogP contribution in [0.4, 0.5) is 0 Å². The van der Waals surface area contributed by atoms with Gasteiger partial charge in [0, 0.05) is 23.7 Å². The molecule has 0 aliphatic rings. The van der Waals surface area contributed by atoms with E-state index in [4.69, 9.17) is 0 Å². The minimum absolute atomic E-state index is 0.706. The second kappa shape index (κ2) is 4.20. The Labute approximate surface area is 117 Å². The molecular formula is C12H9N7S. The molecule has 0 saturated heterocycles. The molecule has 7 nitrogen and oxygen atoms in total. The fourth-order valence-electron chi connectivity index (χ4n) is 1.93. The van der Waals surface area contributed by atoms with Crippen LogP contribution in [0.15, 0.2) is 30.6 Å². The molecule has 0 radical (unpaired) electrons. The molecule has 0 amide bonds. The quantitative estimate of drug-likeness (QED) is 0.607. The van der Waals surface area contributed by atoms with Gasteiger partial charge in [0.1, 0.15) is 5.69 Å². The number of aryl methyl sites for hydroxylation is 1. The first-order chi connectivity index (χ1) is 9.81. The van der Waals surface area contributed by atoms with Crippen molar-refractivity contribution in [3.05, 3.63) is 36.3 Å². The molecule has 4 aromatic rings. The van der Waals surface area contributed by atoms with Crippen molar-refractivity contribution in [3.8, 4) is 22.1 Å². The Kier molecular flexibility index (Phi) is 2.36. The molecule has 4 aromatic heterocycles. The first kappa shape index (κ1) is 11.2. The predicted molar refractivity (Wildman–Crippen MR) is 74.2 cm³/mol. The molecule has 4 heterocycles. The van der Waals surface area contributed by atoms with E-state index in [1.54, 1.807) is 16.9 Å². The molecule has 0 aromatic carbocycles. The monoisotopic (exact) mass is 283 g/mol. The fraction of sp³-hybridized carbons (Fsp3) is 0.0833. The van der Waals surface area contributed by atoms with Gasteiger partial charge < -0.3 is 0 Å². The van der Waals surface area contributed by atoms with Gasteiger partial charge in [-0.3, -0.25) is 10.1 Å². The Morgan fingerprint density at radius 3 is 2.80 bits per heavy atom. The minimum Gasteiger partial charge on any atom is -0.282 e. The molecule has 0 spiro atoms. The smallest absolute Gasteiger partial charge is 0.235 e. The van der Waals surface area contributed by atoms with Gasteiger partial charge in [0.2, 0.25) is 4.96 Å². The van der Waals surface area contributed by atoms with Gasteiger partial charge in [-0.1, -0.05) is 11.3 Å². The van der Waals surface area contributed by atoms with Crippen LogP contribution in [0, 0.1) is 6.92 Å². The normalized spacial score (nSPS) is 11.2. The number of nitrogens with one attached hydrogen (secondary N) is 1. The first-order valence-corrected chi connectivity index (χ1v) is 6.78. The van der Waals surface area contributed by atoms with Gasteiger partial charge in [0.25, 0.3) is 0 Å². The van der Waals surface area contributed by atoms with Crippen LogP contribution in [0.2, 0.25) is 0 Å². The van der Waals surface area contributed by atoms with Gasteiger partial charge in [-0.25, -0.2) is 0 Å². The Balaban J connectivity index is 1.87. The number of aromatic nitrogens is 7. The molecule has 1 N–H and O–H groups in total. The Morgan fingerprint density at radius 2 is 2.05 bits per heavy atom. The third-order valence-electron chi connectivity index (χ3n) is 2.85. The number of nitrogens with zero attached hydrogens (tertiary/aromatic N) is 6. The summed E-state index contributed by atoms with van der Waals surface area (Å²) in [6.45, 7) is 1.96. The van der Waals surface area contributed by atoms with Gasteiger partial charge in [-0.15, -0.1) is 10.2 Å². The first-order valence-electron chi connectivity index (χ1n) is 5.96. The van der Waals surface area contributed by atoms with Crippen LogP contribution in [-0.2, 0) is 0 Å². The zero-order valence-electron chi connectivity index (χ0n) is 10.5. The molecule has 20 heavy (non-hydrogen) atoms. The van der Waals surface area contributed by atoms with Crippen molar-refractivity contribution in [1.29, 1.82) is 0 Å². The third-order valence-corrected chi connectivity index (χ3v) is 3.78. The van der Waals surface area contributed by atoms with E-state index in [-0.39, 0.29) is 0 Å². The highest BCUT2D eigenvalue weighted by molar-refractivity contribution is 7.19. The number of fused-ring (bicyclic) bond motifs is 1. The lowest BCUT2D eigenvalue weighted by Gasteiger charge is -1.94. The number of rotatable bonds is 2. The second-order valence-corrected chi connectivity index (χ2v) is 5.25. The van der Waals surface area contributed by atoms with Crippen LogP contribution >= 0.6 is 11.3 Å². The van der Waals surface area contributed by atoms with Crippen molar-refractivity contribution in [2.24, 2.45) is 0 Å². The summed E-state index contributed by atoms with van der Waals surface area (Å²) in [6.07, 6.45) is 3.45. The predicted octanol–water partition coefficient (Wildman–Crippen LogP) is 1.95. The zero-order chi connectivity index (χ0) is 13.5. The minimum atomic E-state index is 0.706. The van der Waals surface area contributed by atoms with E-state index in [1.165, 1.54) is 11.3 Å². The lowest BCUT2D eigenvalue weighted by Crippen LogP contribution is -1.91. The second-order valence-electron chi connectivity index (χ2n) is 4.30. The average molecular weight is 283 g/mol. The zero-order valence-corrected chi connectivity index (χ0v) is 11.3. The summed E-state index contributed by atoms with van der Waals surface area (Å²) in [6, 6.07) is 5.72. The number of aromatic amines is 1. The number of hydrogen-bond donors (Lipinski definition) is 1. The Morgan fingerprint density at radius 1 is 1.20 bits per heavy atom. The maximum atomic E-state index is 4.54. The highest BCUT2D eigenvalue weighted by atomic mass is 32.1. The van der Waals surface area contributed by atoms with E-state index in [1.807, 2.05) is 25.1 Å². The summed E-state index contributed by atoms with van der Waals surface area (Å²) >= 11 is 1.46. The molecule has 98 valence electrons. The topological polar surface area (TPSA) is 84.7 Å². The van der Waals surface area contributed by atoms with Crippen molar-refractivity contribution >= 4 is 16.3 Å². The van der Waals surface area contributed by atoms with Crippen LogP contribution < -0.4 is 0 Å². The summed E-state index contributed by atoms with van der Waals surface area (Å²) in [5.74, 6) is 0.706. The molecule has 0 aliphatic heterocycles. The highest BCUT2D eigenvalue weighted by Gasteiger charge is 2.15. The van der Waals surface area contributed by atoms with E-state index in [2.05, 4.69) is 30.5 Å². The third kappa shape index (κ3) is 1.69. The maximum absolute atomic E-state index is 4.54. The summed E-state index contributed by atoms with van der Waals surface area (Å²) in [5, 5.41) is 20.8. The number of pyridine rings is 1. The maximum Gasteiger partial charge on any atom is 0.235 e. The lowest BCUT2D eigenvalue weighted by atomic mass is 10.2. The average Bonchev–Trinajstić information content (AvgIpc) is 3.13. The van der Waals surface area contributed by atoms with Gasteiger partial charge >= 0.3 is 0 Å². The molecule has 0 saturated carbocycles. The number of hydrogen-bond acceptors (Lipinski definition) is 6. The van der Waals surface area contributed by atoms with Crippen molar-refractivity contribution in [2.45, 2.75) is 6.92 Å². The van der Waals surface area contributed by atoms with Crippen molar-refractivity contribution in [2.75, 3.05) is 0 Å². The van der Waals surface area contributed by atoms with Gasteiger partial charge in [0.05, 0.1) is 0 Å². The summed E-state index contributed by atoms with van der Waals surface area (Å²) < 4.78 is 1.74. The van der Waals surface area contributed by atoms with Gasteiger partial charge in [-0.2, -0.15) is 14.7 Å². The van der Waals surface area contributed by atoms with Crippen molar-refractivity contribution < 1.29 is 0 Å². The van der Waals surface area contributed by atoms with Crippen LogP contribution in [0.3, 0.4) is 0 Å². The molecule has 0 atom stereocenters. The van der Waals surface area contributed by atoms with E-state index < -0.39 is 0 Å². The Bertz CT molecular complexity index is 874. The summed E-state index contributed by atoms with van der Waals surface area (Å²) in [4.78, 5) is 4.74. The van der Waals surface area contributed by atoms with Crippen molar-refractivity contribution in [1.82, 2.24) is 35.0 Å². The molecule has 0 bridgehead atoms. The molecule has 0 unspecified atom stereocenters. The van der Waals surface area contributed by atoms with Crippen LogP contribution in [-0.4, -0.2) is 35.0 Å². The molecular weight excluding hydrogens is 274 g/mol. The largest absolute Gasteiger partial charge is 0.282 e. The van der Waals surface area contributed by atoms with E-state index in [0.717, 1.165) is 26.9 Å². The Hall–Kier alpha value is -2.61. The lowest BCUT2D eigenvalue weighted by molar-refractivity contribution is 0.961.